The van der Waals surface area contributed by atoms with Crippen molar-refractivity contribution in [3.63, 3.8) is 0 Å². The first-order chi connectivity index (χ1) is 8.83. The van der Waals surface area contributed by atoms with Crippen LogP contribution in [0, 0.1) is 0 Å². The zero-order valence-electron chi connectivity index (χ0n) is 10.8. The second-order valence-corrected chi connectivity index (χ2v) is 5.65. The molecular formula is C15H19N3. The molecule has 0 bridgehead atoms. The Morgan fingerprint density at radius 1 is 1.22 bits per heavy atom. The van der Waals surface area contributed by atoms with Crippen molar-refractivity contribution < 1.29 is 0 Å². The zero-order chi connectivity index (χ0) is 12.1. The first-order valence-corrected chi connectivity index (χ1v) is 6.85. The molecule has 94 valence electrons. The third-order valence-electron chi connectivity index (χ3n) is 4.48. The van der Waals surface area contributed by atoms with E-state index >= 15 is 0 Å². The number of fused-ring (bicyclic) bond motifs is 5. The van der Waals surface area contributed by atoms with Crippen molar-refractivity contribution in [2.24, 2.45) is 0 Å². The molecule has 18 heavy (non-hydrogen) atoms. The third kappa shape index (κ3) is 1.44. The van der Waals surface area contributed by atoms with E-state index in [2.05, 4.69) is 46.1 Å². The third-order valence-corrected chi connectivity index (χ3v) is 4.48. The lowest BCUT2D eigenvalue weighted by atomic mass is 9.94. The van der Waals surface area contributed by atoms with E-state index in [-0.39, 0.29) is 0 Å². The van der Waals surface area contributed by atoms with Gasteiger partial charge in [0.25, 0.3) is 0 Å². The molecule has 1 saturated heterocycles. The van der Waals surface area contributed by atoms with Crippen molar-refractivity contribution in [1.29, 1.82) is 0 Å². The van der Waals surface area contributed by atoms with Gasteiger partial charge in [0.15, 0.2) is 0 Å². The molecule has 2 aromatic rings. The van der Waals surface area contributed by atoms with E-state index < -0.39 is 0 Å². The smallest absolute Gasteiger partial charge is 0.0526 e. The Morgan fingerprint density at radius 2 is 2.11 bits per heavy atom. The molecule has 1 aromatic heterocycles. The van der Waals surface area contributed by atoms with E-state index in [0.29, 0.717) is 6.04 Å². The monoisotopic (exact) mass is 241 g/mol. The maximum absolute atomic E-state index is 3.67. The molecule has 1 fully saturated rings. The first kappa shape index (κ1) is 10.6. The molecule has 1 atom stereocenters. The number of para-hydroxylation sites is 1. The molecule has 2 aliphatic heterocycles. The predicted molar refractivity (Wildman–Crippen MR) is 73.6 cm³/mol. The Bertz CT molecular complexity index is 586. The highest BCUT2D eigenvalue weighted by Crippen LogP contribution is 2.37. The highest BCUT2D eigenvalue weighted by molar-refractivity contribution is 5.85. The van der Waals surface area contributed by atoms with Gasteiger partial charge >= 0.3 is 0 Å². The van der Waals surface area contributed by atoms with E-state index in [1.54, 1.807) is 5.56 Å². The number of rotatable bonds is 0. The summed E-state index contributed by atoms with van der Waals surface area (Å²) in [5.74, 6) is 0. The number of hydrogen-bond donors (Lipinski definition) is 1. The van der Waals surface area contributed by atoms with Crippen LogP contribution in [0.5, 0.6) is 0 Å². The number of benzene rings is 1. The molecule has 3 heteroatoms. The quantitative estimate of drug-likeness (QED) is 0.765. The molecule has 0 amide bonds. The van der Waals surface area contributed by atoms with E-state index in [1.807, 2.05) is 0 Å². The van der Waals surface area contributed by atoms with Crippen LogP contribution < -0.4 is 0 Å². The summed E-state index contributed by atoms with van der Waals surface area (Å²) in [6.07, 6.45) is 2.43. The van der Waals surface area contributed by atoms with Crippen molar-refractivity contribution in [3.05, 3.63) is 35.5 Å². The number of H-pyrrole nitrogens is 1. The van der Waals surface area contributed by atoms with Crippen LogP contribution in [0.4, 0.5) is 0 Å². The van der Waals surface area contributed by atoms with Crippen molar-refractivity contribution in [3.8, 4) is 0 Å². The summed E-state index contributed by atoms with van der Waals surface area (Å²) in [7, 11) is 2.22. The van der Waals surface area contributed by atoms with Crippen molar-refractivity contribution in [1.82, 2.24) is 14.8 Å². The molecule has 2 aliphatic rings. The average molecular weight is 241 g/mol. The topological polar surface area (TPSA) is 22.3 Å². The standard InChI is InChI=1S/C15H19N3/c1-17-8-7-14-15-12(6-9-18(14)10-17)11-4-2-3-5-13(11)16-15/h2-5,14,16H,6-10H2,1H3. The Morgan fingerprint density at radius 3 is 3.06 bits per heavy atom. The van der Waals surface area contributed by atoms with Crippen LogP contribution in [0.3, 0.4) is 0 Å². The summed E-state index contributed by atoms with van der Waals surface area (Å²) < 4.78 is 0. The molecular weight excluding hydrogens is 222 g/mol. The minimum absolute atomic E-state index is 0.609. The van der Waals surface area contributed by atoms with Gasteiger partial charge in [-0.1, -0.05) is 18.2 Å². The molecule has 3 heterocycles. The molecule has 0 aliphatic carbocycles. The average Bonchev–Trinajstić information content (AvgIpc) is 2.77. The molecule has 0 radical (unpaired) electrons. The van der Waals surface area contributed by atoms with Gasteiger partial charge in [-0.15, -0.1) is 0 Å². The SMILES string of the molecule is CN1CCC2c3[nH]c4ccccc4c3CCN2C1. The number of aromatic amines is 1. The van der Waals surface area contributed by atoms with Gasteiger partial charge in [0.05, 0.1) is 12.7 Å². The van der Waals surface area contributed by atoms with Gasteiger partial charge in [0.2, 0.25) is 0 Å². The van der Waals surface area contributed by atoms with Crippen LogP contribution in [-0.4, -0.2) is 41.6 Å². The van der Waals surface area contributed by atoms with Gasteiger partial charge in [-0.05, 0) is 31.5 Å². The minimum Gasteiger partial charge on any atom is -0.357 e. The number of aromatic nitrogens is 1. The zero-order valence-corrected chi connectivity index (χ0v) is 10.8. The highest BCUT2D eigenvalue weighted by Gasteiger charge is 2.33. The summed E-state index contributed by atoms with van der Waals surface area (Å²) in [6.45, 7) is 3.51. The van der Waals surface area contributed by atoms with Crippen LogP contribution in [0.1, 0.15) is 23.7 Å². The van der Waals surface area contributed by atoms with Crippen LogP contribution in [0.25, 0.3) is 10.9 Å². The lowest BCUT2D eigenvalue weighted by Crippen LogP contribution is -2.47. The van der Waals surface area contributed by atoms with Gasteiger partial charge < -0.3 is 4.98 Å². The van der Waals surface area contributed by atoms with E-state index in [4.69, 9.17) is 0 Å². The summed E-state index contributed by atoms with van der Waals surface area (Å²) in [5.41, 5.74) is 4.36. The second kappa shape index (κ2) is 3.84. The second-order valence-electron chi connectivity index (χ2n) is 5.65. The Hall–Kier alpha value is -1.32. The van der Waals surface area contributed by atoms with Gasteiger partial charge in [0.1, 0.15) is 0 Å². The fraction of sp³-hybridized carbons (Fsp3) is 0.467. The maximum Gasteiger partial charge on any atom is 0.0526 e. The summed E-state index contributed by atoms with van der Waals surface area (Å²) in [6, 6.07) is 9.34. The maximum atomic E-state index is 3.67. The van der Waals surface area contributed by atoms with Crippen molar-refractivity contribution in [2.45, 2.75) is 18.9 Å². The summed E-state index contributed by atoms with van der Waals surface area (Å²) in [4.78, 5) is 8.70. The molecule has 3 nitrogen and oxygen atoms in total. The summed E-state index contributed by atoms with van der Waals surface area (Å²) in [5, 5.41) is 1.44. The molecule has 0 saturated carbocycles. The lowest BCUT2D eigenvalue weighted by molar-refractivity contribution is 0.0462. The van der Waals surface area contributed by atoms with Gasteiger partial charge in [-0.25, -0.2) is 0 Å². The summed E-state index contributed by atoms with van der Waals surface area (Å²) >= 11 is 0. The Labute approximate surface area is 107 Å². The van der Waals surface area contributed by atoms with Crippen LogP contribution in [0.2, 0.25) is 0 Å². The fourth-order valence-electron chi connectivity index (χ4n) is 3.59. The Kier molecular flexibility index (Phi) is 2.26. The number of nitrogens with zero attached hydrogens (tertiary/aromatic N) is 2. The van der Waals surface area contributed by atoms with E-state index in [1.165, 1.54) is 42.5 Å². The van der Waals surface area contributed by atoms with Crippen LogP contribution in [0.15, 0.2) is 24.3 Å². The van der Waals surface area contributed by atoms with Gasteiger partial charge in [-0.3, -0.25) is 9.80 Å². The minimum atomic E-state index is 0.609. The predicted octanol–water partition coefficient (Wildman–Crippen LogP) is 2.36. The van der Waals surface area contributed by atoms with Crippen LogP contribution >= 0.6 is 0 Å². The molecule has 1 N–H and O–H groups in total. The number of hydrogen-bond acceptors (Lipinski definition) is 2. The highest BCUT2D eigenvalue weighted by atomic mass is 15.3. The Balaban J connectivity index is 1.83. The molecule has 1 aromatic carbocycles. The first-order valence-electron chi connectivity index (χ1n) is 6.85. The normalized spacial score (nSPS) is 25.1. The van der Waals surface area contributed by atoms with E-state index in [0.717, 1.165) is 6.67 Å². The largest absolute Gasteiger partial charge is 0.357 e. The lowest BCUT2D eigenvalue weighted by Gasteiger charge is -2.42. The van der Waals surface area contributed by atoms with Gasteiger partial charge in [0, 0.05) is 29.7 Å². The van der Waals surface area contributed by atoms with Crippen LogP contribution in [-0.2, 0) is 6.42 Å². The van der Waals surface area contributed by atoms with Crippen molar-refractivity contribution >= 4 is 10.9 Å². The number of nitrogens with one attached hydrogen (secondary N) is 1. The molecule has 1 unspecified atom stereocenters. The molecule has 4 rings (SSSR count). The molecule has 0 spiro atoms. The van der Waals surface area contributed by atoms with E-state index in [9.17, 15) is 0 Å². The van der Waals surface area contributed by atoms with Gasteiger partial charge in [-0.2, -0.15) is 0 Å². The van der Waals surface area contributed by atoms with Crippen molar-refractivity contribution in [2.75, 3.05) is 26.8 Å². The fourth-order valence-corrected chi connectivity index (χ4v) is 3.59.